The second-order valence-electron chi connectivity index (χ2n) is 10.9. The highest BCUT2D eigenvalue weighted by atomic mass is 127. The van der Waals surface area contributed by atoms with Crippen molar-refractivity contribution in [3.05, 3.63) is 72.0 Å². The van der Waals surface area contributed by atoms with Crippen LogP contribution in [0, 0.1) is 5.41 Å². The molecule has 0 spiro atoms. The molecule has 0 N–H and O–H groups in total. The van der Waals surface area contributed by atoms with Gasteiger partial charge in [0.15, 0.2) is 11.0 Å². The molecule has 33 heavy (non-hydrogen) atoms. The number of nitrogens with zero attached hydrogens (tertiary/aromatic N) is 2. The van der Waals surface area contributed by atoms with Gasteiger partial charge in [-0.05, 0) is 63.7 Å². The number of aryl methyl sites for hydroxylation is 1. The van der Waals surface area contributed by atoms with Crippen molar-refractivity contribution in [3.8, 4) is 5.69 Å². The van der Waals surface area contributed by atoms with Crippen molar-refractivity contribution in [2.45, 2.75) is 52.4 Å². The van der Waals surface area contributed by atoms with E-state index in [2.05, 4.69) is 58.2 Å². The van der Waals surface area contributed by atoms with Crippen molar-refractivity contribution < 1.29 is 11.7 Å². The van der Waals surface area contributed by atoms with Gasteiger partial charge in [0.1, 0.15) is 16.9 Å². The van der Waals surface area contributed by atoms with Gasteiger partial charge in [0, 0.05) is 10.8 Å². The third kappa shape index (κ3) is 2.70. The quantitative estimate of drug-likeness (QED) is 0.155. The Morgan fingerprint density at radius 1 is 0.848 bits per heavy atom. The maximum absolute atomic E-state index is 9.46. The molecule has 3 nitrogen and oxygen atoms in total. The van der Waals surface area contributed by atoms with E-state index in [1.807, 2.05) is 48.3 Å². The Bertz CT molecular complexity index is 1670. The number of fused-ring (bicyclic) bond motifs is 5. The van der Waals surface area contributed by atoms with Crippen LogP contribution < -0.4 is 4.57 Å². The summed E-state index contributed by atoms with van der Waals surface area (Å²) >= 11 is 0. The van der Waals surface area contributed by atoms with Crippen molar-refractivity contribution in [2.75, 3.05) is 0 Å². The fourth-order valence-corrected chi connectivity index (χ4v) is 5.60. The minimum atomic E-state index is -0.245. The minimum absolute atomic E-state index is 0. The first-order chi connectivity index (χ1) is 15.9. The fourth-order valence-electron chi connectivity index (χ4n) is 5.60. The standard InChI is InChI=1S/C29H31N2O.HI/c1-27(2)21-15-23-24(16-22(21)28(3,4)29(27,5)6)31(17-30(23)7)18-12-13-26-20(14-18)19-10-8-9-11-25(19)32-26;/h8-17H,1-7H3;1H/q+1;/i15D,16D;. The number of benzene rings is 3. The molecule has 2 heterocycles. The third-order valence-corrected chi connectivity index (χ3v) is 8.86. The van der Waals surface area contributed by atoms with Crippen LogP contribution in [0.25, 0.3) is 38.7 Å². The lowest BCUT2D eigenvalue weighted by atomic mass is 9.59. The number of aromatic nitrogens is 2. The number of para-hydroxylation sites is 1. The van der Waals surface area contributed by atoms with Gasteiger partial charge >= 0.3 is 0 Å². The Hall–Kier alpha value is -2.34. The van der Waals surface area contributed by atoms with E-state index in [-0.39, 0.29) is 40.2 Å². The van der Waals surface area contributed by atoms with Crippen LogP contribution in [0.2, 0.25) is 0 Å². The molecular weight excluding hydrogens is 519 g/mol. The van der Waals surface area contributed by atoms with Crippen molar-refractivity contribution in [1.82, 2.24) is 4.57 Å². The Morgan fingerprint density at radius 3 is 2.21 bits per heavy atom. The van der Waals surface area contributed by atoms with Crippen molar-refractivity contribution in [2.24, 2.45) is 12.5 Å². The molecule has 0 bridgehead atoms. The van der Waals surface area contributed by atoms with E-state index in [0.717, 1.165) is 49.8 Å². The molecule has 4 heteroatoms. The topological polar surface area (TPSA) is 21.9 Å². The third-order valence-electron chi connectivity index (χ3n) is 8.86. The van der Waals surface area contributed by atoms with Crippen LogP contribution in [0.4, 0.5) is 0 Å². The molecule has 1 aliphatic carbocycles. The molecule has 2 aromatic heterocycles. The first kappa shape index (κ1) is 20.1. The smallest absolute Gasteiger partial charge is 0.249 e. The zero-order valence-corrected chi connectivity index (χ0v) is 22.7. The molecule has 1 aliphatic rings. The summed E-state index contributed by atoms with van der Waals surface area (Å²) in [6, 6.07) is 15.3. The van der Waals surface area contributed by atoms with Crippen molar-refractivity contribution >= 4 is 56.9 Å². The molecular formula is C29H32IN2O+. The molecule has 0 unspecified atom stereocenters. The second-order valence-corrected chi connectivity index (χ2v) is 10.9. The van der Waals surface area contributed by atoms with Gasteiger partial charge < -0.3 is 4.42 Å². The summed E-state index contributed by atoms with van der Waals surface area (Å²) in [6.07, 6.45) is 2.00. The van der Waals surface area contributed by atoms with Gasteiger partial charge in [-0.3, -0.25) is 0 Å². The molecule has 0 radical (unpaired) electrons. The van der Waals surface area contributed by atoms with Gasteiger partial charge in [0.05, 0.1) is 9.79 Å². The van der Waals surface area contributed by atoms with Crippen LogP contribution >= 0.6 is 24.0 Å². The Morgan fingerprint density at radius 2 is 1.48 bits per heavy atom. The van der Waals surface area contributed by atoms with Crippen LogP contribution in [0.1, 0.15) is 55.4 Å². The van der Waals surface area contributed by atoms with Crippen LogP contribution in [0.5, 0.6) is 0 Å². The lowest BCUT2D eigenvalue weighted by molar-refractivity contribution is -0.645. The molecule has 0 atom stereocenters. The highest BCUT2D eigenvalue weighted by Gasteiger charge is 2.57. The second kappa shape index (κ2) is 6.84. The van der Waals surface area contributed by atoms with E-state index in [0.29, 0.717) is 12.1 Å². The van der Waals surface area contributed by atoms with Gasteiger partial charge in [-0.25, -0.2) is 4.57 Å². The van der Waals surface area contributed by atoms with Crippen molar-refractivity contribution in [1.29, 1.82) is 0 Å². The molecule has 6 rings (SSSR count). The Balaban J connectivity index is 0.00000253. The van der Waals surface area contributed by atoms with Gasteiger partial charge in [0.2, 0.25) is 6.33 Å². The molecule has 0 aliphatic heterocycles. The highest BCUT2D eigenvalue weighted by Crippen LogP contribution is 2.61. The minimum Gasteiger partial charge on any atom is -0.456 e. The van der Waals surface area contributed by atoms with Crippen LogP contribution in [-0.4, -0.2) is 4.57 Å². The maximum Gasteiger partial charge on any atom is 0.249 e. The van der Waals surface area contributed by atoms with Gasteiger partial charge in [0.25, 0.3) is 0 Å². The highest BCUT2D eigenvalue weighted by molar-refractivity contribution is 14.0. The normalized spacial score (nSPS) is 18.9. The van der Waals surface area contributed by atoms with Crippen LogP contribution in [0.15, 0.2) is 65.3 Å². The summed E-state index contributed by atoms with van der Waals surface area (Å²) in [7, 11) is 1.98. The van der Waals surface area contributed by atoms with E-state index in [1.165, 1.54) is 0 Å². The lowest BCUT2D eigenvalue weighted by Crippen LogP contribution is -2.42. The lowest BCUT2D eigenvalue weighted by Gasteiger charge is -2.44. The summed E-state index contributed by atoms with van der Waals surface area (Å²) in [5.74, 6) is 0. The molecule has 170 valence electrons. The number of hydrogen-bond donors (Lipinski definition) is 0. The first-order valence-corrected chi connectivity index (χ1v) is 11.4. The van der Waals surface area contributed by atoms with E-state index >= 15 is 0 Å². The van der Waals surface area contributed by atoms with E-state index in [4.69, 9.17) is 4.42 Å². The average Bonchev–Trinajstić information content (AvgIpc) is 3.35. The van der Waals surface area contributed by atoms with Gasteiger partial charge in [-0.1, -0.05) is 59.7 Å². The Kier molecular flexibility index (Phi) is 4.16. The number of furan rings is 1. The summed E-state index contributed by atoms with van der Waals surface area (Å²) < 4.78 is 28.9. The van der Waals surface area contributed by atoms with Gasteiger partial charge in [-0.2, -0.15) is 4.57 Å². The average molecular weight is 554 g/mol. The fraction of sp³-hybridized carbons (Fsp3) is 0.345. The summed E-state index contributed by atoms with van der Waals surface area (Å²) in [6.45, 7) is 13.5. The maximum atomic E-state index is 9.46. The number of hydrogen-bond acceptors (Lipinski definition) is 1. The van der Waals surface area contributed by atoms with Gasteiger partial charge in [-0.15, -0.1) is 24.0 Å². The van der Waals surface area contributed by atoms with E-state index in [1.54, 1.807) is 0 Å². The van der Waals surface area contributed by atoms with Crippen molar-refractivity contribution in [3.63, 3.8) is 0 Å². The summed E-state index contributed by atoms with van der Waals surface area (Å²) in [4.78, 5) is 0. The molecule has 0 saturated carbocycles. The molecule has 5 aromatic rings. The summed E-state index contributed by atoms with van der Waals surface area (Å²) in [5.41, 5.74) is 5.74. The SMILES string of the molecule is I.[2H]c1c2c(c([2H])c3c1n(-c1ccc4oc5ccccc5c4c1)c[n+]3C)C(C)(C)C(C)(C)C2(C)C. The number of halogens is 1. The largest absolute Gasteiger partial charge is 0.456 e. The first-order valence-electron chi connectivity index (χ1n) is 12.4. The zero-order valence-electron chi connectivity index (χ0n) is 22.3. The molecule has 0 saturated heterocycles. The summed E-state index contributed by atoms with van der Waals surface area (Å²) in [5, 5.41) is 2.14. The Labute approximate surface area is 215 Å². The number of rotatable bonds is 1. The monoisotopic (exact) mass is 553 g/mol. The zero-order chi connectivity index (χ0) is 24.4. The van der Waals surface area contributed by atoms with Crippen LogP contribution in [0.3, 0.4) is 0 Å². The molecule has 3 aromatic carbocycles. The van der Waals surface area contributed by atoms with Crippen LogP contribution in [-0.2, 0) is 17.9 Å². The molecule has 0 amide bonds. The van der Waals surface area contributed by atoms with E-state index < -0.39 is 0 Å². The van der Waals surface area contributed by atoms with E-state index in [9.17, 15) is 2.74 Å². The predicted molar refractivity (Wildman–Crippen MR) is 147 cm³/mol. The molecule has 0 fully saturated rings. The predicted octanol–water partition coefficient (Wildman–Crippen LogP) is 7.57. The number of imidazole rings is 1.